The molecule has 1 nitrogen and oxygen atoms in total. The molecule has 0 saturated heterocycles. The second-order valence-electron chi connectivity index (χ2n) is 5.32. The number of anilines is 1. The molecule has 1 saturated carbocycles. The van der Waals surface area contributed by atoms with Crippen LogP contribution in [0.25, 0.3) is 0 Å². The molecule has 1 atom stereocenters. The Balaban J connectivity index is 2.22. The van der Waals surface area contributed by atoms with E-state index in [0.717, 1.165) is 25.3 Å². The number of hydrogen-bond donors (Lipinski definition) is 1. The van der Waals surface area contributed by atoms with Crippen molar-refractivity contribution in [1.82, 2.24) is 0 Å². The van der Waals surface area contributed by atoms with Crippen LogP contribution in [-0.2, 0) is 0 Å². The molecule has 4 heteroatoms. The van der Waals surface area contributed by atoms with Gasteiger partial charge < -0.3 is 5.32 Å². The maximum atomic E-state index is 13.5. The molecule has 94 valence electrons. The summed E-state index contributed by atoms with van der Waals surface area (Å²) in [5.41, 5.74) is 0.0981. The molecule has 1 aliphatic carbocycles. The van der Waals surface area contributed by atoms with Crippen LogP contribution in [0.4, 0.5) is 18.9 Å². The van der Waals surface area contributed by atoms with Crippen LogP contribution in [0.3, 0.4) is 0 Å². The van der Waals surface area contributed by atoms with E-state index in [1.807, 2.05) is 0 Å². The molecule has 1 aromatic carbocycles. The summed E-state index contributed by atoms with van der Waals surface area (Å²) in [5, 5.41) is 2.99. The summed E-state index contributed by atoms with van der Waals surface area (Å²) in [6.07, 6.45) is 3.04. The van der Waals surface area contributed by atoms with Crippen LogP contribution in [0.2, 0.25) is 0 Å². The van der Waals surface area contributed by atoms with E-state index in [0.29, 0.717) is 6.07 Å². The fourth-order valence-electron chi connectivity index (χ4n) is 2.42. The number of benzene rings is 1. The number of halogens is 3. The van der Waals surface area contributed by atoms with Crippen LogP contribution < -0.4 is 5.32 Å². The molecule has 0 radical (unpaired) electrons. The first-order valence-corrected chi connectivity index (χ1v) is 5.81. The number of hydrogen-bond acceptors (Lipinski definition) is 1. The van der Waals surface area contributed by atoms with Crippen molar-refractivity contribution in [3.8, 4) is 0 Å². The van der Waals surface area contributed by atoms with E-state index in [-0.39, 0.29) is 17.1 Å². The highest BCUT2D eigenvalue weighted by atomic mass is 19.2. The molecule has 1 fully saturated rings. The van der Waals surface area contributed by atoms with Gasteiger partial charge in [-0.2, -0.15) is 0 Å². The molecule has 1 N–H and O–H groups in total. The van der Waals surface area contributed by atoms with Crippen LogP contribution in [0, 0.1) is 22.9 Å². The lowest BCUT2D eigenvalue weighted by Crippen LogP contribution is -2.31. The summed E-state index contributed by atoms with van der Waals surface area (Å²) in [4.78, 5) is 0. The molecule has 0 heterocycles. The zero-order chi connectivity index (χ0) is 12.6. The standard InChI is InChI=1S/C13H16F3N/c1-13(2)5-3-4-12(13)17-11-7-9(15)8(14)6-10(11)16/h6-7,12,17H,3-5H2,1-2H3. The predicted octanol–water partition coefficient (Wildman–Crippen LogP) is 4.09. The van der Waals surface area contributed by atoms with E-state index in [1.54, 1.807) is 0 Å². The Morgan fingerprint density at radius 3 is 2.35 bits per heavy atom. The lowest BCUT2D eigenvalue weighted by Gasteiger charge is -2.28. The third-order valence-corrected chi connectivity index (χ3v) is 3.60. The van der Waals surface area contributed by atoms with Gasteiger partial charge in [0.1, 0.15) is 5.82 Å². The molecule has 0 aliphatic heterocycles. The van der Waals surface area contributed by atoms with Crippen molar-refractivity contribution < 1.29 is 13.2 Å². The van der Waals surface area contributed by atoms with E-state index < -0.39 is 17.5 Å². The zero-order valence-electron chi connectivity index (χ0n) is 9.99. The van der Waals surface area contributed by atoms with Crippen molar-refractivity contribution in [2.75, 3.05) is 5.32 Å². The van der Waals surface area contributed by atoms with Crippen molar-refractivity contribution in [2.45, 2.75) is 39.2 Å². The molecule has 2 rings (SSSR count). The van der Waals surface area contributed by atoms with Crippen molar-refractivity contribution in [2.24, 2.45) is 5.41 Å². The molecule has 0 spiro atoms. The van der Waals surface area contributed by atoms with E-state index in [2.05, 4.69) is 19.2 Å². The Morgan fingerprint density at radius 2 is 1.76 bits per heavy atom. The SMILES string of the molecule is CC1(C)CCCC1Nc1cc(F)c(F)cc1F. The van der Waals surface area contributed by atoms with Gasteiger partial charge in [0.25, 0.3) is 0 Å². The minimum Gasteiger partial charge on any atom is -0.379 e. The third kappa shape index (κ3) is 2.40. The van der Waals surface area contributed by atoms with Gasteiger partial charge in [-0.25, -0.2) is 13.2 Å². The maximum Gasteiger partial charge on any atom is 0.161 e. The number of nitrogens with one attached hydrogen (secondary N) is 1. The third-order valence-electron chi connectivity index (χ3n) is 3.60. The normalized spacial score (nSPS) is 22.8. The molecule has 17 heavy (non-hydrogen) atoms. The zero-order valence-corrected chi connectivity index (χ0v) is 9.99. The Bertz CT molecular complexity index is 429. The Kier molecular flexibility index (Phi) is 3.06. The van der Waals surface area contributed by atoms with Crippen molar-refractivity contribution in [3.05, 3.63) is 29.6 Å². The molecular formula is C13H16F3N. The smallest absolute Gasteiger partial charge is 0.161 e. The van der Waals surface area contributed by atoms with Gasteiger partial charge in [0.2, 0.25) is 0 Å². The first-order chi connectivity index (χ1) is 7.90. The second kappa shape index (κ2) is 4.24. The average Bonchev–Trinajstić information content (AvgIpc) is 2.55. The Labute approximate surface area is 99.0 Å². The molecule has 1 unspecified atom stereocenters. The van der Waals surface area contributed by atoms with Crippen LogP contribution in [-0.4, -0.2) is 6.04 Å². The topological polar surface area (TPSA) is 12.0 Å². The van der Waals surface area contributed by atoms with Crippen LogP contribution in [0.15, 0.2) is 12.1 Å². The van der Waals surface area contributed by atoms with Crippen molar-refractivity contribution >= 4 is 5.69 Å². The average molecular weight is 243 g/mol. The highest BCUT2D eigenvalue weighted by Gasteiger charge is 2.34. The van der Waals surface area contributed by atoms with E-state index in [4.69, 9.17) is 0 Å². The van der Waals surface area contributed by atoms with Gasteiger partial charge >= 0.3 is 0 Å². The van der Waals surface area contributed by atoms with E-state index in [1.165, 1.54) is 0 Å². The molecule has 0 bridgehead atoms. The summed E-state index contributed by atoms with van der Waals surface area (Å²) in [6, 6.07) is 1.57. The van der Waals surface area contributed by atoms with Gasteiger partial charge in [-0.1, -0.05) is 20.3 Å². The van der Waals surface area contributed by atoms with Crippen LogP contribution in [0.1, 0.15) is 33.1 Å². The number of rotatable bonds is 2. The summed E-state index contributed by atoms with van der Waals surface area (Å²) >= 11 is 0. The molecular weight excluding hydrogens is 227 g/mol. The van der Waals surface area contributed by atoms with Gasteiger partial charge in [-0.3, -0.25) is 0 Å². The summed E-state index contributed by atoms with van der Waals surface area (Å²) < 4.78 is 39.3. The fourth-order valence-corrected chi connectivity index (χ4v) is 2.42. The lowest BCUT2D eigenvalue weighted by molar-refractivity contribution is 0.349. The van der Waals surface area contributed by atoms with E-state index in [9.17, 15) is 13.2 Å². The molecule has 1 aliphatic rings. The minimum atomic E-state index is -1.15. The predicted molar refractivity (Wildman–Crippen MR) is 61.4 cm³/mol. The Hall–Kier alpha value is -1.19. The second-order valence-corrected chi connectivity index (χ2v) is 5.32. The lowest BCUT2D eigenvalue weighted by atomic mass is 9.87. The van der Waals surface area contributed by atoms with Gasteiger partial charge in [-0.15, -0.1) is 0 Å². The van der Waals surface area contributed by atoms with Gasteiger partial charge in [-0.05, 0) is 18.3 Å². The first-order valence-electron chi connectivity index (χ1n) is 5.81. The maximum absolute atomic E-state index is 13.5. The van der Waals surface area contributed by atoms with Gasteiger partial charge in [0.15, 0.2) is 11.6 Å². The summed E-state index contributed by atoms with van der Waals surface area (Å²) in [5.74, 6) is -2.92. The molecule has 1 aromatic rings. The largest absolute Gasteiger partial charge is 0.379 e. The van der Waals surface area contributed by atoms with Crippen molar-refractivity contribution in [1.29, 1.82) is 0 Å². The highest BCUT2D eigenvalue weighted by molar-refractivity contribution is 5.46. The van der Waals surface area contributed by atoms with Crippen LogP contribution >= 0.6 is 0 Å². The molecule has 0 amide bonds. The van der Waals surface area contributed by atoms with Crippen LogP contribution in [0.5, 0.6) is 0 Å². The van der Waals surface area contributed by atoms with Crippen molar-refractivity contribution in [3.63, 3.8) is 0 Å². The monoisotopic (exact) mass is 243 g/mol. The summed E-state index contributed by atoms with van der Waals surface area (Å²) in [6.45, 7) is 4.19. The minimum absolute atomic E-state index is 0.0453. The first kappa shape index (κ1) is 12.3. The van der Waals surface area contributed by atoms with Gasteiger partial charge in [0.05, 0.1) is 5.69 Å². The Morgan fingerprint density at radius 1 is 1.12 bits per heavy atom. The highest BCUT2D eigenvalue weighted by Crippen LogP contribution is 2.39. The quantitative estimate of drug-likeness (QED) is 0.771. The summed E-state index contributed by atoms with van der Waals surface area (Å²) in [7, 11) is 0. The fraction of sp³-hybridized carbons (Fsp3) is 0.538. The van der Waals surface area contributed by atoms with E-state index >= 15 is 0 Å². The van der Waals surface area contributed by atoms with Gasteiger partial charge in [0, 0.05) is 18.2 Å². The molecule has 0 aromatic heterocycles.